The standard InChI is InChI=1S/C13H17BrN2O2/c1-13(6-3-7-18-13)8-16-12(17)9-4-2-5-10(15)11(9)14/h2,4-5H,3,6-8,15H2,1H3,(H,16,17). The molecule has 4 nitrogen and oxygen atoms in total. The fraction of sp³-hybridized carbons (Fsp3) is 0.462. The van der Waals surface area contributed by atoms with Crippen LogP contribution < -0.4 is 11.1 Å². The maximum Gasteiger partial charge on any atom is 0.252 e. The number of hydrogen-bond donors (Lipinski definition) is 2. The van der Waals surface area contributed by atoms with Gasteiger partial charge in [-0.25, -0.2) is 0 Å². The van der Waals surface area contributed by atoms with Crippen molar-refractivity contribution in [2.45, 2.75) is 25.4 Å². The molecule has 0 aromatic heterocycles. The topological polar surface area (TPSA) is 64.4 Å². The van der Waals surface area contributed by atoms with E-state index in [1.807, 2.05) is 6.92 Å². The highest BCUT2D eigenvalue weighted by atomic mass is 79.9. The first-order valence-corrected chi connectivity index (χ1v) is 6.77. The molecule has 0 spiro atoms. The zero-order valence-electron chi connectivity index (χ0n) is 10.3. The van der Waals surface area contributed by atoms with Crippen LogP contribution in [0, 0.1) is 0 Å². The number of nitrogens with one attached hydrogen (secondary N) is 1. The number of anilines is 1. The summed E-state index contributed by atoms with van der Waals surface area (Å²) in [6.07, 6.45) is 2.03. The minimum atomic E-state index is -0.234. The molecule has 18 heavy (non-hydrogen) atoms. The van der Waals surface area contributed by atoms with Crippen molar-refractivity contribution in [1.82, 2.24) is 5.32 Å². The summed E-state index contributed by atoms with van der Waals surface area (Å²) in [5.41, 5.74) is 6.63. The molecule has 0 radical (unpaired) electrons. The average Bonchev–Trinajstić information content (AvgIpc) is 2.77. The van der Waals surface area contributed by atoms with Gasteiger partial charge in [0.15, 0.2) is 0 Å². The number of benzene rings is 1. The second-order valence-electron chi connectivity index (χ2n) is 4.79. The van der Waals surface area contributed by atoms with Crippen molar-refractivity contribution in [1.29, 1.82) is 0 Å². The van der Waals surface area contributed by atoms with Crippen LogP contribution in [-0.4, -0.2) is 24.7 Å². The van der Waals surface area contributed by atoms with E-state index in [1.165, 1.54) is 0 Å². The molecule has 0 aliphatic carbocycles. The van der Waals surface area contributed by atoms with Gasteiger partial charge in [0.2, 0.25) is 0 Å². The van der Waals surface area contributed by atoms with Crippen LogP contribution in [0.1, 0.15) is 30.1 Å². The summed E-state index contributed by atoms with van der Waals surface area (Å²) in [4.78, 5) is 12.1. The average molecular weight is 313 g/mol. The van der Waals surface area contributed by atoms with Crippen molar-refractivity contribution < 1.29 is 9.53 Å². The van der Waals surface area contributed by atoms with Gasteiger partial charge in [-0.05, 0) is 47.8 Å². The summed E-state index contributed by atoms with van der Waals surface area (Å²) in [6, 6.07) is 5.26. The molecule has 1 atom stereocenters. The summed E-state index contributed by atoms with van der Waals surface area (Å²) < 4.78 is 6.27. The summed E-state index contributed by atoms with van der Waals surface area (Å²) in [7, 11) is 0. The molecule has 1 aromatic carbocycles. The molecular formula is C13H17BrN2O2. The van der Waals surface area contributed by atoms with Crippen molar-refractivity contribution in [3.63, 3.8) is 0 Å². The molecule has 2 rings (SSSR count). The monoisotopic (exact) mass is 312 g/mol. The molecule has 1 aromatic rings. The van der Waals surface area contributed by atoms with Crippen molar-refractivity contribution in [3.8, 4) is 0 Å². The fourth-order valence-electron chi connectivity index (χ4n) is 2.06. The Morgan fingerprint density at radius 2 is 2.39 bits per heavy atom. The second kappa shape index (κ2) is 5.28. The van der Waals surface area contributed by atoms with E-state index in [1.54, 1.807) is 18.2 Å². The van der Waals surface area contributed by atoms with Crippen LogP contribution in [0.5, 0.6) is 0 Å². The van der Waals surface area contributed by atoms with Crippen molar-refractivity contribution in [2.24, 2.45) is 0 Å². The molecule has 3 N–H and O–H groups in total. The molecule has 5 heteroatoms. The smallest absolute Gasteiger partial charge is 0.252 e. The van der Waals surface area contributed by atoms with Crippen LogP contribution in [-0.2, 0) is 4.74 Å². The molecule has 1 aliphatic rings. The van der Waals surface area contributed by atoms with E-state index < -0.39 is 0 Å². The zero-order valence-corrected chi connectivity index (χ0v) is 11.9. The number of carbonyl (C=O) groups excluding carboxylic acids is 1. The van der Waals surface area contributed by atoms with Gasteiger partial charge in [0, 0.05) is 18.8 Å². The molecule has 1 unspecified atom stereocenters. The molecule has 1 saturated heterocycles. The van der Waals surface area contributed by atoms with Crippen LogP contribution in [0.15, 0.2) is 22.7 Å². The predicted octanol–water partition coefficient (Wildman–Crippen LogP) is 2.33. The highest BCUT2D eigenvalue weighted by Crippen LogP contribution is 2.26. The van der Waals surface area contributed by atoms with Crippen LogP contribution in [0.25, 0.3) is 0 Å². The highest BCUT2D eigenvalue weighted by Gasteiger charge is 2.30. The van der Waals surface area contributed by atoms with Crippen LogP contribution >= 0.6 is 15.9 Å². The molecule has 0 bridgehead atoms. The molecule has 1 aliphatic heterocycles. The lowest BCUT2D eigenvalue weighted by Crippen LogP contribution is -2.40. The lowest BCUT2D eigenvalue weighted by atomic mass is 10.0. The Kier molecular flexibility index (Phi) is 3.92. The first-order valence-electron chi connectivity index (χ1n) is 5.98. The summed E-state index contributed by atoms with van der Waals surface area (Å²) in [6.45, 7) is 3.32. The molecular weight excluding hydrogens is 296 g/mol. The van der Waals surface area contributed by atoms with E-state index in [4.69, 9.17) is 10.5 Å². The van der Waals surface area contributed by atoms with Crippen molar-refractivity contribution in [2.75, 3.05) is 18.9 Å². The number of hydrogen-bond acceptors (Lipinski definition) is 3. The Morgan fingerprint density at radius 1 is 1.61 bits per heavy atom. The fourth-order valence-corrected chi connectivity index (χ4v) is 2.51. The number of nitrogen functional groups attached to an aromatic ring is 1. The van der Waals surface area contributed by atoms with Gasteiger partial charge in [-0.15, -0.1) is 0 Å². The van der Waals surface area contributed by atoms with Gasteiger partial charge in [0.1, 0.15) is 0 Å². The molecule has 1 fully saturated rings. The van der Waals surface area contributed by atoms with E-state index in [2.05, 4.69) is 21.2 Å². The minimum Gasteiger partial charge on any atom is -0.398 e. The predicted molar refractivity (Wildman–Crippen MR) is 74.5 cm³/mol. The summed E-state index contributed by atoms with van der Waals surface area (Å²) >= 11 is 3.33. The molecule has 1 amide bonds. The van der Waals surface area contributed by atoms with Crippen molar-refractivity contribution >= 4 is 27.5 Å². The maximum absolute atomic E-state index is 12.1. The van der Waals surface area contributed by atoms with E-state index in [0.29, 0.717) is 22.3 Å². The Bertz CT molecular complexity index is 456. The minimum absolute atomic E-state index is 0.133. The lowest BCUT2D eigenvalue weighted by Gasteiger charge is -2.23. The van der Waals surface area contributed by atoms with Gasteiger partial charge in [0.25, 0.3) is 5.91 Å². The SMILES string of the molecule is CC1(CNC(=O)c2cccc(N)c2Br)CCCO1. The normalized spacial score (nSPS) is 23.0. The van der Waals surface area contributed by atoms with E-state index in [9.17, 15) is 4.79 Å². The largest absolute Gasteiger partial charge is 0.398 e. The third-order valence-corrected chi connectivity index (χ3v) is 4.08. The number of carbonyl (C=O) groups is 1. The number of ether oxygens (including phenoxy) is 1. The first kappa shape index (κ1) is 13.4. The first-order chi connectivity index (χ1) is 8.52. The Labute approximate surface area is 115 Å². The Hall–Kier alpha value is -1.07. The van der Waals surface area contributed by atoms with Crippen LogP contribution in [0.2, 0.25) is 0 Å². The van der Waals surface area contributed by atoms with E-state index in [0.717, 1.165) is 19.4 Å². The van der Waals surface area contributed by atoms with E-state index >= 15 is 0 Å². The zero-order chi connectivity index (χ0) is 13.2. The highest BCUT2D eigenvalue weighted by molar-refractivity contribution is 9.10. The molecule has 1 heterocycles. The van der Waals surface area contributed by atoms with Gasteiger partial charge in [0.05, 0.1) is 15.6 Å². The number of rotatable bonds is 3. The summed E-state index contributed by atoms with van der Waals surface area (Å²) in [5.74, 6) is -0.133. The maximum atomic E-state index is 12.1. The summed E-state index contributed by atoms with van der Waals surface area (Å²) in [5, 5.41) is 2.90. The Morgan fingerprint density at radius 3 is 3.06 bits per heavy atom. The number of halogens is 1. The lowest BCUT2D eigenvalue weighted by molar-refractivity contribution is 0.0206. The van der Waals surface area contributed by atoms with E-state index in [-0.39, 0.29) is 11.5 Å². The molecule has 0 saturated carbocycles. The van der Waals surface area contributed by atoms with Crippen LogP contribution in [0.3, 0.4) is 0 Å². The van der Waals surface area contributed by atoms with Gasteiger partial charge in [-0.3, -0.25) is 4.79 Å². The number of nitrogens with two attached hydrogens (primary N) is 1. The second-order valence-corrected chi connectivity index (χ2v) is 5.59. The molecule has 98 valence electrons. The quantitative estimate of drug-likeness (QED) is 0.842. The van der Waals surface area contributed by atoms with Gasteiger partial charge in [-0.2, -0.15) is 0 Å². The van der Waals surface area contributed by atoms with Gasteiger partial charge < -0.3 is 15.8 Å². The van der Waals surface area contributed by atoms with Gasteiger partial charge in [-0.1, -0.05) is 6.07 Å². The van der Waals surface area contributed by atoms with Crippen LogP contribution in [0.4, 0.5) is 5.69 Å². The Balaban J connectivity index is 2.01. The van der Waals surface area contributed by atoms with Crippen molar-refractivity contribution in [3.05, 3.63) is 28.2 Å². The third kappa shape index (κ3) is 2.84. The third-order valence-electron chi connectivity index (χ3n) is 3.20. The van der Waals surface area contributed by atoms with Gasteiger partial charge >= 0.3 is 0 Å². The number of amides is 1.